The Hall–Kier alpha value is -1.29. The lowest BCUT2D eigenvalue weighted by molar-refractivity contribution is 0.136. The molecule has 1 atom stereocenters. The van der Waals surface area contributed by atoms with Crippen molar-refractivity contribution >= 4 is 23.5 Å². The molecule has 0 bridgehead atoms. The highest BCUT2D eigenvalue weighted by molar-refractivity contribution is 6.17. The molecular weight excluding hydrogens is 228 g/mol. The second-order valence-corrected chi connectivity index (χ2v) is 4.01. The van der Waals surface area contributed by atoms with Gasteiger partial charge in [-0.15, -0.1) is 11.6 Å². The molecule has 0 aliphatic carbocycles. The van der Waals surface area contributed by atoms with E-state index in [1.807, 2.05) is 12.1 Å². The van der Waals surface area contributed by atoms with E-state index < -0.39 is 0 Å². The first-order chi connectivity index (χ1) is 7.81. The number of pyridine rings is 1. The van der Waals surface area contributed by atoms with Crippen LogP contribution < -0.4 is 4.90 Å². The normalized spacial score (nSPS) is 19.9. The maximum atomic E-state index is 11.6. The Morgan fingerprint density at radius 2 is 2.44 bits per heavy atom. The Bertz CT molecular complexity index is 358. The molecule has 4 nitrogen and oxygen atoms in total. The van der Waals surface area contributed by atoms with E-state index in [1.165, 1.54) is 0 Å². The van der Waals surface area contributed by atoms with E-state index in [9.17, 15) is 4.79 Å². The van der Waals surface area contributed by atoms with E-state index in [0.29, 0.717) is 18.2 Å². The minimum absolute atomic E-state index is 0.0618. The molecule has 5 heteroatoms. The van der Waals surface area contributed by atoms with Crippen LogP contribution in [0.1, 0.15) is 12.8 Å². The quantitative estimate of drug-likeness (QED) is 0.759. The van der Waals surface area contributed by atoms with Gasteiger partial charge in [0.1, 0.15) is 11.9 Å². The molecule has 1 amide bonds. The average molecular weight is 241 g/mol. The predicted molar refractivity (Wildman–Crippen MR) is 61.8 cm³/mol. The third kappa shape index (κ3) is 2.44. The van der Waals surface area contributed by atoms with Crippen LogP contribution >= 0.6 is 11.6 Å². The summed E-state index contributed by atoms with van der Waals surface area (Å²) in [5.41, 5.74) is 0. The third-order valence-corrected chi connectivity index (χ3v) is 2.73. The minimum Gasteiger partial charge on any atom is -0.444 e. The summed E-state index contributed by atoms with van der Waals surface area (Å²) in [4.78, 5) is 17.3. The number of nitrogens with zero attached hydrogens (tertiary/aromatic N) is 2. The highest BCUT2D eigenvalue weighted by Crippen LogP contribution is 2.21. The van der Waals surface area contributed by atoms with Crippen LogP contribution in [0, 0.1) is 0 Å². The first-order valence-electron chi connectivity index (χ1n) is 5.26. The van der Waals surface area contributed by atoms with Gasteiger partial charge in [0, 0.05) is 12.1 Å². The van der Waals surface area contributed by atoms with Gasteiger partial charge in [-0.05, 0) is 25.0 Å². The van der Waals surface area contributed by atoms with Crippen molar-refractivity contribution in [1.29, 1.82) is 0 Å². The summed E-state index contributed by atoms with van der Waals surface area (Å²) in [7, 11) is 0. The molecule has 1 aromatic heterocycles. The molecule has 2 heterocycles. The Morgan fingerprint density at radius 1 is 1.56 bits per heavy atom. The van der Waals surface area contributed by atoms with E-state index in [1.54, 1.807) is 17.2 Å². The topological polar surface area (TPSA) is 42.4 Å². The van der Waals surface area contributed by atoms with Crippen molar-refractivity contribution in [1.82, 2.24) is 4.98 Å². The standard InChI is InChI=1S/C11H13ClN2O2/c12-6-3-4-9-8-14(11(15)16-9)10-5-1-2-7-13-10/h1-2,5,7,9H,3-4,6,8H2. The van der Waals surface area contributed by atoms with Crippen molar-refractivity contribution in [3.05, 3.63) is 24.4 Å². The van der Waals surface area contributed by atoms with Gasteiger partial charge in [0.25, 0.3) is 0 Å². The molecule has 1 aliphatic rings. The van der Waals surface area contributed by atoms with Gasteiger partial charge in [0.15, 0.2) is 0 Å². The van der Waals surface area contributed by atoms with Crippen molar-refractivity contribution in [2.24, 2.45) is 0 Å². The number of anilines is 1. The number of rotatable bonds is 4. The molecule has 0 radical (unpaired) electrons. The van der Waals surface area contributed by atoms with Gasteiger partial charge >= 0.3 is 6.09 Å². The molecule has 2 rings (SSSR count). The summed E-state index contributed by atoms with van der Waals surface area (Å²) in [6.07, 6.45) is 2.94. The van der Waals surface area contributed by atoms with Crippen LogP contribution in [0.4, 0.5) is 10.6 Å². The summed E-state index contributed by atoms with van der Waals surface area (Å²) in [5.74, 6) is 1.23. The third-order valence-electron chi connectivity index (χ3n) is 2.46. The number of alkyl halides is 1. The maximum Gasteiger partial charge on any atom is 0.415 e. The maximum absolute atomic E-state index is 11.6. The fourth-order valence-electron chi connectivity index (χ4n) is 1.68. The molecule has 1 fully saturated rings. The lowest BCUT2D eigenvalue weighted by atomic mass is 10.2. The van der Waals surface area contributed by atoms with Crippen LogP contribution in [0.25, 0.3) is 0 Å². The van der Waals surface area contributed by atoms with Gasteiger partial charge in [0.2, 0.25) is 0 Å². The molecular formula is C11H13ClN2O2. The van der Waals surface area contributed by atoms with Gasteiger partial charge in [-0.1, -0.05) is 6.07 Å². The molecule has 1 aliphatic heterocycles. The number of amides is 1. The van der Waals surface area contributed by atoms with E-state index in [4.69, 9.17) is 16.3 Å². The van der Waals surface area contributed by atoms with E-state index in [-0.39, 0.29) is 12.2 Å². The zero-order chi connectivity index (χ0) is 11.4. The number of carbonyl (C=O) groups excluding carboxylic acids is 1. The molecule has 16 heavy (non-hydrogen) atoms. The first-order valence-corrected chi connectivity index (χ1v) is 5.80. The monoisotopic (exact) mass is 240 g/mol. The SMILES string of the molecule is O=C1OC(CCCCl)CN1c1ccccn1. The molecule has 86 valence electrons. The van der Waals surface area contributed by atoms with Crippen molar-refractivity contribution in [3.8, 4) is 0 Å². The number of ether oxygens (including phenoxy) is 1. The molecule has 1 aromatic rings. The Kier molecular flexibility index (Phi) is 3.62. The van der Waals surface area contributed by atoms with Crippen LogP contribution in [-0.4, -0.2) is 29.6 Å². The van der Waals surface area contributed by atoms with Crippen LogP contribution in [0.5, 0.6) is 0 Å². The highest BCUT2D eigenvalue weighted by Gasteiger charge is 2.32. The van der Waals surface area contributed by atoms with Crippen molar-refractivity contribution < 1.29 is 9.53 Å². The molecule has 0 spiro atoms. The number of carbonyl (C=O) groups is 1. The molecule has 0 N–H and O–H groups in total. The smallest absolute Gasteiger partial charge is 0.415 e. The van der Waals surface area contributed by atoms with Crippen LogP contribution in [0.3, 0.4) is 0 Å². The molecule has 1 unspecified atom stereocenters. The fraction of sp³-hybridized carbons (Fsp3) is 0.455. The second-order valence-electron chi connectivity index (χ2n) is 3.64. The average Bonchev–Trinajstić information content (AvgIpc) is 2.69. The lowest BCUT2D eigenvalue weighted by Crippen LogP contribution is -2.25. The predicted octanol–water partition coefficient (Wildman–Crippen LogP) is 2.43. The summed E-state index contributed by atoms with van der Waals surface area (Å²) in [6.45, 7) is 0.562. The van der Waals surface area contributed by atoms with Gasteiger partial charge in [-0.2, -0.15) is 0 Å². The van der Waals surface area contributed by atoms with Gasteiger partial charge < -0.3 is 4.74 Å². The Labute approximate surface area is 99.2 Å². The minimum atomic E-state index is -0.321. The number of cyclic esters (lactones) is 1. The highest BCUT2D eigenvalue weighted by atomic mass is 35.5. The van der Waals surface area contributed by atoms with Crippen LogP contribution in [-0.2, 0) is 4.74 Å². The molecule has 1 saturated heterocycles. The number of hydrogen-bond acceptors (Lipinski definition) is 3. The fourth-order valence-corrected chi connectivity index (χ4v) is 1.83. The second kappa shape index (κ2) is 5.16. The van der Waals surface area contributed by atoms with Gasteiger partial charge in [0.05, 0.1) is 6.54 Å². The van der Waals surface area contributed by atoms with E-state index in [0.717, 1.165) is 12.8 Å². The largest absolute Gasteiger partial charge is 0.444 e. The van der Waals surface area contributed by atoms with Crippen molar-refractivity contribution in [2.75, 3.05) is 17.3 Å². The number of aromatic nitrogens is 1. The van der Waals surface area contributed by atoms with Gasteiger partial charge in [-0.3, -0.25) is 4.90 Å². The van der Waals surface area contributed by atoms with Gasteiger partial charge in [-0.25, -0.2) is 9.78 Å². The van der Waals surface area contributed by atoms with E-state index >= 15 is 0 Å². The van der Waals surface area contributed by atoms with Crippen molar-refractivity contribution in [3.63, 3.8) is 0 Å². The lowest BCUT2D eigenvalue weighted by Gasteiger charge is -2.10. The summed E-state index contributed by atoms with van der Waals surface area (Å²) in [6, 6.07) is 5.46. The molecule has 0 saturated carbocycles. The summed E-state index contributed by atoms with van der Waals surface area (Å²) < 4.78 is 5.22. The Balaban J connectivity index is 2.00. The van der Waals surface area contributed by atoms with Crippen LogP contribution in [0.2, 0.25) is 0 Å². The summed E-state index contributed by atoms with van der Waals surface area (Å²) in [5, 5.41) is 0. The number of halogens is 1. The summed E-state index contributed by atoms with van der Waals surface area (Å²) >= 11 is 5.60. The zero-order valence-corrected chi connectivity index (χ0v) is 9.56. The van der Waals surface area contributed by atoms with Crippen molar-refractivity contribution in [2.45, 2.75) is 18.9 Å². The number of hydrogen-bond donors (Lipinski definition) is 0. The van der Waals surface area contributed by atoms with Crippen LogP contribution in [0.15, 0.2) is 24.4 Å². The Morgan fingerprint density at radius 3 is 3.12 bits per heavy atom. The zero-order valence-electron chi connectivity index (χ0n) is 8.80. The van der Waals surface area contributed by atoms with E-state index in [2.05, 4.69) is 4.98 Å². The molecule has 0 aromatic carbocycles. The first kappa shape index (κ1) is 11.2.